The highest BCUT2D eigenvalue weighted by molar-refractivity contribution is 9.10. The first kappa shape index (κ1) is 10.7. The highest BCUT2D eigenvalue weighted by atomic mass is 79.9. The molecular formula is C10H9BrN2OS. The third-order valence-corrected chi connectivity index (χ3v) is 3.07. The van der Waals surface area contributed by atoms with Crippen molar-refractivity contribution in [3.63, 3.8) is 0 Å². The first-order valence-electron chi connectivity index (χ1n) is 4.38. The van der Waals surface area contributed by atoms with E-state index in [9.17, 15) is 0 Å². The SMILES string of the molecule is Cc1coc(SCc2cncc(Br)c2)n1. The van der Waals surface area contributed by atoms with Crippen LogP contribution in [0.5, 0.6) is 0 Å². The molecule has 5 heteroatoms. The molecule has 0 aliphatic heterocycles. The van der Waals surface area contributed by atoms with Crippen LogP contribution in [0.2, 0.25) is 0 Å². The predicted molar refractivity (Wildman–Crippen MR) is 62.7 cm³/mol. The minimum Gasteiger partial charge on any atom is -0.440 e. The van der Waals surface area contributed by atoms with Crippen LogP contribution in [0.3, 0.4) is 0 Å². The summed E-state index contributed by atoms with van der Waals surface area (Å²) in [5.41, 5.74) is 2.05. The van der Waals surface area contributed by atoms with Gasteiger partial charge in [0.05, 0.1) is 5.69 Å². The van der Waals surface area contributed by atoms with E-state index in [1.54, 1.807) is 24.2 Å². The highest BCUT2D eigenvalue weighted by Gasteiger charge is 2.02. The molecule has 0 bridgehead atoms. The van der Waals surface area contributed by atoms with Gasteiger partial charge in [-0.1, -0.05) is 11.8 Å². The third-order valence-electron chi connectivity index (χ3n) is 1.72. The van der Waals surface area contributed by atoms with Crippen molar-refractivity contribution in [3.05, 3.63) is 40.5 Å². The summed E-state index contributed by atoms with van der Waals surface area (Å²) in [6.07, 6.45) is 5.26. The molecule has 78 valence electrons. The number of hydrogen-bond donors (Lipinski definition) is 0. The molecule has 0 fully saturated rings. The summed E-state index contributed by atoms with van der Waals surface area (Å²) in [6.45, 7) is 1.91. The van der Waals surface area contributed by atoms with Crippen LogP contribution >= 0.6 is 27.7 Å². The third kappa shape index (κ3) is 3.07. The Kier molecular flexibility index (Phi) is 3.43. The quantitative estimate of drug-likeness (QED) is 0.810. The normalized spacial score (nSPS) is 10.5. The number of hydrogen-bond acceptors (Lipinski definition) is 4. The molecule has 0 saturated heterocycles. The van der Waals surface area contributed by atoms with Crippen molar-refractivity contribution < 1.29 is 4.42 Å². The first-order valence-corrected chi connectivity index (χ1v) is 6.16. The van der Waals surface area contributed by atoms with E-state index in [4.69, 9.17) is 4.42 Å². The van der Waals surface area contributed by atoms with E-state index in [1.807, 2.05) is 19.2 Å². The molecule has 0 unspecified atom stereocenters. The van der Waals surface area contributed by atoms with E-state index >= 15 is 0 Å². The Morgan fingerprint density at radius 3 is 3.00 bits per heavy atom. The van der Waals surface area contributed by atoms with Crippen molar-refractivity contribution in [1.82, 2.24) is 9.97 Å². The molecule has 0 aliphatic rings. The number of aromatic nitrogens is 2. The van der Waals surface area contributed by atoms with Gasteiger partial charge in [-0.25, -0.2) is 4.98 Å². The summed E-state index contributed by atoms with van der Waals surface area (Å²) >= 11 is 4.95. The van der Waals surface area contributed by atoms with Gasteiger partial charge in [-0.2, -0.15) is 0 Å². The van der Waals surface area contributed by atoms with Gasteiger partial charge in [0.1, 0.15) is 6.26 Å². The van der Waals surface area contributed by atoms with Gasteiger partial charge in [-0.3, -0.25) is 4.98 Å². The summed E-state index contributed by atoms with van der Waals surface area (Å²) in [6, 6.07) is 2.04. The minimum absolute atomic E-state index is 0.701. The molecule has 2 aromatic rings. The fraction of sp³-hybridized carbons (Fsp3) is 0.200. The van der Waals surface area contributed by atoms with E-state index in [0.29, 0.717) is 5.22 Å². The van der Waals surface area contributed by atoms with Crippen molar-refractivity contribution >= 4 is 27.7 Å². The monoisotopic (exact) mass is 284 g/mol. The molecular weight excluding hydrogens is 276 g/mol. The molecule has 15 heavy (non-hydrogen) atoms. The fourth-order valence-electron chi connectivity index (χ4n) is 1.08. The van der Waals surface area contributed by atoms with Crippen LogP contribution in [0.4, 0.5) is 0 Å². The summed E-state index contributed by atoms with van der Waals surface area (Å²) in [4.78, 5) is 8.30. The van der Waals surface area contributed by atoms with E-state index in [2.05, 4.69) is 25.9 Å². The molecule has 0 amide bonds. The number of rotatable bonds is 3. The Labute approximate surface area is 100 Å². The predicted octanol–water partition coefficient (Wildman–Crippen LogP) is 3.43. The summed E-state index contributed by atoms with van der Waals surface area (Å²) in [5, 5.41) is 0.701. The Morgan fingerprint density at radius 1 is 1.47 bits per heavy atom. The Morgan fingerprint density at radius 2 is 2.33 bits per heavy atom. The van der Waals surface area contributed by atoms with Gasteiger partial charge in [0.2, 0.25) is 0 Å². The van der Waals surface area contributed by atoms with Crippen LogP contribution in [0.25, 0.3) is 0 Å². The van der Waals surface area contributed by atoms with Crippen LogP contribution < -0.4 is 0 Å². The minimum atomic E-state index is 0.701. The fourth-order valence-corrected chi connectivity index (χ4v) is 2.26. The lowest BCUT2D eigenvalue weighted by molar-refractivity contribution is 0.454. The first-order chi connectivity index (χ1) is 7.24. The van der Waals surface area contributed by atoms with Crippen molar-refractivity contribution in [3.8, 4) is 0 Å². The van der Waals surface area contributed by atoms with Crippen LogP contribution in [0.15, 0.2) is 38.8 Å². The molecule has 2 aromatic heterocycles. The molecule has 0 aromatic carbocycles. The number of halogens is 1. The topological polar surface area (TPSA) is 38.9 Å². The number of aryl methyl sites for hydroxylation is 1. The van der Waals surface area contributed by atoms with Crippen LogP contribution in [-0.2, 0) is 5.75 Å². The molecule has 0 N–H and O–H groups in total. The maximum atomic E-state index is 5.24. The second kappa shape index (κ2) is 4.81. The van der Waals surface area contributed by atoms with E-state index in [1.165, 1.54) is 0 Å². The van der Waals surface area contributed by atoms with Gasteiger partial charge in [0, 0.05) is 22.6 Å². The van der Waals surface area contributed by atoms with Crippen LogP contribution in [0, 0.1) is 6.92 Å². The van der Waals surface area contributed by atoms with Crippen LogP contribution in [-0.4, -0.2) is 9.97 Å². The molecule has 0 spiro atoms. The molecule has 3 nitrogen and oxygen atoms in total. The zero-order chi connectivity index (χ0) is 10.7. The lowest BCUT2D eigenvalue weighted by atomic mass is 10.3. The zero-order valence-corrected chi connectivity index (χ0v) is 10.5. The van der Waals surface area contributed by atoms with E-state index in [0.717, 1.165) is 21.5 Å². The molecule has 0 aliphatic carbocycles. The number of thioether (sulfide) groups is 1. The van der Waals surface area contributed by atoms with Gasteiger partial charge >= 0.3 is 0 Å². The maximum absolute atomic E-state index is 5.24. The molecule has 2 heterocycles. The van der Waals surface area contributed by atoms with Crippen molar-refractivity contribution in [2.75, 3.05) is 0 Å². The molecule has 0 saturated carbocycles. The van der Waals surface area contributed by atoms with Crippen molar-refractivity contribution in [2.45, 2.75) is 17.9 Å². The Hall–Kier alpha value is -0.810. The lowest BCUT2D eigenvalue weighted by Gasteiger charge is -1.97. The van der Waals surface area contributed by atoms with E-state index in [-0.39, 0.29) is 0 Å². The summed E-state index contributed by atoms with van der Waals surface area (Å²) < 4.78 is 6.23. The van der Waals surface area contributed by atoms with Gasteiger partial charge in [-0.15, -0.1) is 0 Å². The maximum Gasteiger partial charge on any atom is 0.256 e. The Bertz CT molecular complexity index is 458. The standard InChI is InChI=1S/C10H9BrN2OS/c1-7-5-14-10(13-7)15-6-8-2-9(11)4-12-3-8/h2-5H,6H2,1H3. The van der Waals surface area contributed by atoms with Gasteiger partial charge in [0.25, 0.3) is 5.22 Å². The van der Waals surface area contributed by atoms with Gasteiger partial charge in [-0.05, 0) is 34.5 Å². The average Bonchev–Trinajstić information content (AvgIpc) is 2.62. The number of pyridine rings is 1. The average molecular weight is 285 g/mol. The highest BCUT2D eigenvalue weighted by Crippen LogP contribution is 2.22. The summed E-state index contributed by atoms with van der Waals surface area (Å²) in [7, 11) is 0. The molecule has 0 radical (unpaired) electrons. The van der Waals surface area contributed by atoms with Crippen LogP contribution in [0.1, 0.15) is 11.3 Å². The summed E-state index contributed by atoms with van der Waals surface area (Å²) in [5.74, 6) is 0.812. The van der Waals surface area contributed by atoms with Crippen molar-refractivity contribution in [1.29, 1.82) is 0 Å². The smallest absolute Gasteiger partial charge is 0.256 e. The number of oxazole rings is 1. The molecule has 2 rings (SSSR count). The molecule has 0 atom stereocenters. The second-order valence-corrected chi connectivity index (χ2v) is 4.90. The number of nitrogens with zero attached hydrogens (tertiary/aromatic N) is 2. The largest absolute Gasteiger partial charge is 0.440 e. The van der Waals surface area contributed by atoms with Crippen molar-refractivity contribution in [2.24, 2.45) is 0 Å². The van der Waals surface area contributed by atoms with Gasteiger partial charge in [0.15, 0.2) is 0 Å². The van der Waals surface area contributed by atoms with Gasteiger partial charge < -0.3 is 4.42 Å². The lowest BCUT2D eigenvalue weighted by Crippen LogP contribution is -1.83. The second-order valence-electron chi connectivity index (χ2n) is 3.05. The zero-order valence-electron chi connectivity index (χ0n) is 8.11. The Balaban J connectivity index is 1.99. The van der Waals surface area contributed by atoms with E-state index < -0.39 is 0 Å².